The van der Waals surface area contributed by atoms with Gasteiger partial charge in [0.05, 0.1) is 5.56 Å². The smallest absolute Gasteiger partial charge is 0.338 e. The Kier molecular flexibility index (Phi) is 6.12. The Morgan fingerprint density at radius 3 is 2.36 bits per heavy atom. The molecule has 0 aromatic heterocycles. The number of hydrogen-bond acceptors (Lipinski definition) is 4. The summed E-state index contributed by atoms with van der Waals surface area (Å²) in [6, 6.07) is 14.4. The molecule has 4 heteroatoms. The molecule has 0 fully saturated rings. The van der Waals surface area contributed by atoms with E-state index in [1.165, 1.54) is 0 Å². The second kappa shape index (κ2) is 8.29. The van der Waals surface area contributed by atoms with E-state index in [-0.39, 0.29) is 12.5 Å². The first-order valence-corrected chi connectivity index (χ1v) is 8.11. The van der Waals surface area contributed by atoms with Crippen LogP contribution < -0.4 is 4.74 Å². The average Bonchev–Trinajstić information content (AvgIpc) is 2.60. The molecule has 0 amide bonds. The van der Waals surface area contributed by atoms with Crippen molar-refractivity contribution in [1.29, 1.82) is 0 Å². The lowest BCUT2D eigenvalue weighted by Crippen LogP contribution is -2.12. The van der Waals surface area contributed by atoms with Crippen molar-refractivity contribution in [3.05, 3.63) is 77.4 Å². The van der Waals surface area contributed by atoms with Gasteiger partial charge in [-0.25, -0.2) is 9.59 Å². The summed E-state index contributed by atoms with van der Waals surface area (Å²) in [5.41, 5.74) is 2.38. The number of carbonyl (C=O) groups is 2. The zero-order valence-corrected chi connectivity index (χ0v) is 14.7. The molecule has 0 unspecified atom stereocenters. The molecular formula is C21H22O4. The van der Waals surface area contributed by atoms with Crippen LogP contribution in [0.25, 0.3) is 0 Å². The molecule has 0 N–H and O–H groups in total. The second-order valence-corrected chi connectivity index (χ2v) is 6.14. The minimum absolute atomic E-state index is 0.141. The fourth-order valence-electron chi connectivity index (χ4n) is 2.22. The van der Waals surface area contributed by atoms with Crippen molar-refractivity contribution in [3.63, 3.8) is 0 Å². The van der Waals surface area contributed by atoms with Crippen LogP contribution in [0.3, 0.4) is 0 Å². The van der Waals surface area contributed by atoms with Gasteiger partial charge in [-0.1, -0.05) is 56.8 Å². The molecule has 0 radical (unpaired) electrons. The van der Waals surface area contributed by atoms with E-state index >= 15 is 0 Å². The normalized spacial score (nSPS) is 10.4. The third-order valence-corrected chi connectivity index (χ3v) is 3.64. The number of esters is 2. The maximum absolute atomic E-state index is 12.3. The molecule has 2 rings (SSSR count). The molecular weight excluding hydrogens is 316 g/mol. The molecule has 0 aliphatic carbocycles. The highest BCUT2D eigenvalue weighted by atomic mass is 16.5. The van der Waals surface area contributed by atoms with Gasteiger partial charge < -0.3 is 9.47 Å². The van der Waals surface area contributed by atoms with Crippen LogP contribution >= 0.6 is 0 Å². The molecule has 0 aliphatic heterocycles. The minimum Gasteiger partial charge on any atom is -0.457 e. The summed E-state index contributed by atoms with van der Waals surface area (Å²) < 4.78 is 10.7. The summed E-state index contributed by atoms with van der Waals surface area (Å²) in [4.78, 5) is 24.1. The second-order valence-electron chi connectivity index (χ2n) is 6.14. The lowest BCUT2D eigenvalue weighted by Gasteiger charge is -2.14. The van der Waals surface area contributed by atoms with Gasteiger partial charge in [-0.3, -0.25) is 0 Å². The van der Waals surface area contributed by atoms with Crippen molar-refractivity contribution in [2.45, 2.75) is 33.3 Å². The average molecular weight is 338 g/mol. The van der Waals surface area contributed by atoms with Crippen LogP contribution in [0.1, 0.15) is 48.2 Å². The van der Waals surface area contributed by atoms with E-state index in [2.05, 4.69) is 6.58 Å². The lowest BCUT2D eigenvalue weighted by molar-refractivity contribution is -0.130. The zero-order chi connectivity index (χ0) is 18.4. The van der Waals surface area contributed by atoms with Gasteiger partial charge in [0.1, 0.15) is 12.4 Å². The van der Waals surface area contributed by atoms with Crippen molar-refractivity contribution in [1.82, 2.24) is 0 Å². The van der Waals surface area contributed by atoms with Gasteiger partial charge in [-0.2, -0.15) is 0 Å². The van der Waals surface area contributed by atoms with Crippen molar-refractivity contribution in [2.24, 2.45) is 0 Å². The van der Waals surface area contributed by atoms with Crippen molar-refractivity contribution < 1.29 is 19.1 Å². The van der Waals surface area contributed by atoms with E-state index in [9.17, 15) is 9.59 Å². The molecule has 4 nitrogen and oxygen atoms in total. The van der Waals surface area contributed by atoms with Gasteiger partial charge in [0.2, 0.25) is 0 Å². The number of ether oxygens (including phenoxy) is 2. The molecule has 0 aliphatic rings. The predicted molar refractivity (Wildman–Crippen MR) is 96.5 cm³/mol. The molecule has 130 valence electrons. The number of rotatable bonds is 6. The zero-order valence-electron chi connectivity index (χ0n) is 14.7. The summed E-state index contributed by atoms with van der Waals surface area (Å²) in [5.74, 6) is -0.483. The van der Waals surface area contributed by atoms with E-state index in [1.54, 1.807) is 25.1 Å². The van der Waals surface area contributed by atoms with Crippen LogP contribution in [0.15, 0.2) is 60.7 Å². The van der Waals surface area contributed by atoms with Crippen molar-refractivity contribution in [2.75, 3.05) is 0 Å². The molecule has 0 saturated heterocycles. The molecule has 2 aromatic carbocycles. The van der Waals surface area contributed by atoms with E-state index in [1.807, 2.05) is 44.2 Å². The van der Waals surface area contributed by atoms with Gasteiger partial charge >= 0.3 is 11.9 Å². The first-order valence-electron chi connectivity index (χ1n) is 8.11. The standard InChI is InChI=1S/C21H22O4/c1-14(2)18-11-10-17(12-19(18)25-20(22)15(3)4)21(23)24-13-16-8-6-5-7-9-16/h5-12,14H,3,13H2,1-2,4H3. The summed E-state index contributed by atoms with van der Waals surface area (Å²) in [6.45, 7) is 9.32. The SMILES string of the molecule is C=C(C)C(=O)Oc1cc(C(=O)OCc2ccccc2)ccc1C(C)C. The van der Waals surface area contributed by atoms with Crippen LogP contribution in [0.2, 0.25) is 0 Å². The number of hydrogen-bond donors (Lipinski definition) is 0. The van der Waals surface area contributed by atoms with Gasteiger partial charge in [-0.15, -0.1) is 0 Å². The summed E-state index contributed by atoms with van der Waals surface area (Å²) in [6.07, 6.45) is 0. The highest BCUT2D eigenvalue weighted by molar-refractivity contribution is 5.92. The molecule has 0 atom stereocenters. The lowest BCUT2D eigenvalue weighted by atomic mass is 10.00. The Labute approximate surface area is 148 Å². The molecule has 0 bridgehead atoms. The predicted octanol–water partition coefficient (Wildman–Crippen LogP) is 4.65. The van der Waals surface area contributed by atoms with Crippen LogP contribution in [0.5, 0.6) is 5.75 Å². The number of benzene rings is 2. The quantitative estimate of drug-likeness (QED) is 0.437. The Balaban J connectivity index is 2.18. The third-order valence-electron chi connectivity index (χ3n) is 3.64. The fraction of sp³-hybridized carbons (Fsp3) is 0.238. The Bertz CT molecular complexity index is 776. The highest BCUT2D eigenvalue weighted by Gasteiger charge is 2.16. The van der Waals surface area contributed by atoms with E-state index in [4.69, 9.17) is 9.47 Å². The fourth-order valence-corrected chi connectivity index (χ4v) is 2.22. The Morgan fingerprint density at radius 2 is 1.76 bits per heavy atom. The van der Waals surface area contributed by atoms with Gasteiger partial charge in [0, 0.05) is 5.57 Å². The topological polar surface area (TPSA) is 52.6 Å². The number of carbonyl (C=O) groups excluding carboxylic acids is 2. The van der Waals surface area contributed by atoms with Crippen LogP contribution in [-0.2, 0) is 16.1 Å². The molecule has 2 aromatic rings. The van der Waals surface area contributed by atoms with E-state index in [0.717, 1.165) is 11.1 Å². The van der Waals surface area contributed by atoms with Crippen LogP contribution in [-0.4, -0.2) is 11.9 Å². The largest absolute Gasteiger partial charge is 0.457 e. The van der Waals surface area contributed by atoms with Crippen LogP contribution in [0.4, 0.5) is 0 Å². The first kappa shape index (κ1) is 18.5. The molecule has 25 heavy (non-hydrogen) atoms. The molecule has 0 spiro atoms. The maximum Gasteiger partial charge on any atom is 0.338 e. The van der Waals surface area contributed by atoms with Gasteiger partial charge in [-0.05, 0) is 36.1 Å². The van der Waals surface area contributed by atoms with Crippen molar-refractivity contribution >= 4 is 11.9 Å². The Morgan fingerprint density at radius 1 is 1.08 bits per heavy atom. The molecule has 0 heterocycles. The van der Waals surface area contributed by atoms with Crippen LogP contribution in [0, 0.1) is 0 Å². The van der Waals surface area contributed by atoms with E-state index in [0.29, 0.717) is 16.9 Å². The summed E-state index contributed by atoms with van der Waals surface area (Å²) in [5, 5.41) is 0. The highest BCUT2D eigenvalue weighted by Crippen LogP contribution is 2.28. The Hall–Kier alpha value is -2.88. The third kappa shape index (κ3) is 5.05. The summed E-state index contributed by atoms with van der Waals surface area (Å²) in [7, 11) is 0. The van der Waals surface area contributed by atoms with Gasteiger partial charge in [0.15, 0.2) is 0 Å². The molecule has 0 saturated carbocycles. The van der Waals surface area contributed by atoms with E-state index < -0.39 is 11.9 Å². The first-order chi connectivity index (χ1) is 11.9. The summed E-state index contributed by atoms with van der Waals surface area (Å²) >= 11 is 0. The van der Waals surface area contributed by atoms with Gasteiger partial charge in [0.25, 0.3) is 0 Å². The maximum atomic E-state index is 12.3. The minimum atomic E-state index is -0.517. The monoisotopic (exact) mass is 338 g/mol. The van der Waals surface area contributed by atoms with Crippen molar-refractivity contribution in [3.8, 4) is 5.75 Å².